The molecule has 176 valence electrons. The van der Waals surface area contributed by atoms with Crippen LogP contribution >= 0.6 is 24.0 Å². The number of aliphatic imine (C=N–C) groups is 1. The van der Waals surface area contributed by atoms with Crippen molar-refractivity contribution in [1.29, 1.82) is 0 Å². The van der Waals surface area contributed by atoms with Crippen molar-refractivity contribution in [1.82, 2.24) is 10.2 Å². The van der Waals surface area contributed by atoms with E-state index < -0.39 is 0 Å². The average Bonchev–Trinajstić information content (AvgIpc) is 2.76. The Hall–Kier alpha value is -1.06. The molecule has 2 heterocycles. The predicted octanol–water partition coefficient (Wildman–Crippen LogP) is 4.61. The number of rotatable bonds is 8. The minimum atomic E-state index is 0. The van der Waals surface area contributed by atoms with Crippen LogP contribution in [0.15, 0.2) is 29.3 Å². The van der Waals surface area contributed by atoms with Crippen LogP contribution in [0.2, 0.25) is 0 Å². The molecule has 7 heteroatoms. The van der Waals surface area contributed by atoms with Gasteiger partial charge in [0.2, 0.25) is 0 Å². The molecule has 2 aliphatic rings. The highest BCUT2D eigenvalue weighted by Gasteiger charge is 2.23. The molecule has 1 aromatic rings. The molecular formula is C24H40IN3O3. The molecule has 3 rings (SSSR count). The molecule has 1 unspecified atom stereocenters. The summed E-state index contributed by atoms with van der Waals surface area (Å²) in [5.74, 6) is 1.89. The first kappa shape index (κ1) is 26.2. The first-order valence-corrected chi connectivity index (χ1v) is 11.7. The van der Waals surface area contributed by atoms with Crippen molar-refractivity contribution in [3.8, 4) is 5.75 Å². The molecule has 1 atom stereocenters. The molecular weight excluding hydrogens is 505 g/mol. The quantitative estimate of drug-likeness (QED) is 0.294. The number of piperidine rings is 1. The summed E-state index contributed by atoms with van der Waals surface area (Å²) < 4.78 is 17.8. The summed E-state index contributed by atoms with van der Waals surface area (Å²) in [7, 11) is 0. The fourth-order valence-electron chi connectivity index (χ4n) is 4.00. The number of hydrogen-bond donors (Lipinski definition) is 1. The second-order valence-corrected chi connectivity index (χ2v) is 8.49. The number of ether oxygens (including phenoxy) is 3. The third kappa shape index (κ3) is 9.14. The first-order chi connectivity index (χ1) is 14.6. The summed E-state index contributed by atoms with van der Waals surface area (Å²) in [5, 5.41) is 3.45. The van der Waals surface area contributed by atoms with Gasteiger partial charge in [0.1, 0.15) is 5.75 Å². The Bertz CT molecular complexity index is 657. The lowest BCUT2D eigenvalue weighted by Crippen LogP contribution is -2.47. The van der Waals surface area contributed by atoms with Crippen molar-refractivity contribution in [3.63, 3.8) is 0 Å². The van der Waals surface area contributed by atoms with Gasteiger partial charge in [-0.25, -0.2) is 4.99 Å². The van der Waals surface area contributed by atoms with E-state index in [0.29, 0.717) is 18.8 Å². The largest absolute Gasteiger partial charge is 0.491 e. The van der Waals surface area contributed by atoms with Gasteiger partial charge in [0.15, 0.2) is 5.96 Å². The van der Waals surface area contributed by atoms with Crippen LogP contribution in [0, 0.1) is 0 Å². The molecule has 0 aliphatic carbocycles. The normalized spacial score (nSPS) is 20.5. The lowest BCUT2D eigenvalue weighted by atomic mass is 10.1. The minimum Gasteiger partial charge on any atom is -0.491 e. The fourth-order valence-corrected chi connectivity index (χ4v) is 4.00. The van der Waals surface area contributed by atoms with E-state index in [0.717, 1.165) is 69.4 Å². The highest BCUT2D eigenvalue weighted by atomic mass is 127. The van der Waals surface area contributed by atoms with Crippen molar-refractivity contribution in [2.24, 2.45) is 4.99 Å². The molecule has 0 radical (unpaired) electrons. The van der Waals surface area contributed by atoms with E-state index >= 15 is 0 Å². The summed E-state index contributed by atoms with van der Waals surface area (Å²) >= 11 is 0. The van der Waals surface area contributed by atoms with E-state index in [2.05, 4.69) is 29.3 Å². The molecule has 2 aliphatic heterocycles. The van der Waals surface area contributed by atoms with Crippen LogP contribution in [0.3, 0.4) is 0 Å². The summed E-state index contributed by atoms with van der Waals surface area (Å²) in [4.78, 5) is 7.24. The van der Waals surface area contributed by atoms with E-state index in [1.807, 2.05) is 26.0 Å². The van der Waals surface area contributed by atoms with Gasteiger partial charge in [-0.3, -0.25) is 0 Å². The van der Waals surface area contributed by atoms with E-state index in [-0.39, 0.29) is 30.1 Å². The van der Waals surface area contributed by atoms with E-state index in [1.54, 1.807) is 0 Å². The van der Waals surface area contributed by atoms with E-state index in [1.165, 1.54) is 12.8 Å². The van der Waals surface area contributed by atoms with Gasteiger partial charge in [-0.2, -0.15) is 0 Å². The van der Waals surface area contributed by atoms with Crippen LogP contribution in [0.1, 0.15) is 58.4 Å². The third-order valence-electron chi connectivity index (χ3n) is 5.55. The maximum Gasteiger partial charge on any atom is 0.194 e. The molecule has 31 heavy (non-hydrogen) atoms. The number of nitrogens with zero attached hydrogens (tertiary/aromatic N) is 2. The zero-order valence-electron chi connectivity index (χ0n) is 19.3. The Labute approximate surface area is 205 Å². The lowest BCUT2D eigenvalue weighted by Gasteiger charge is -2.35. The summed E-state index contributed by atoms with van der Waals surface area (Å²) in [6.07, 6.45) is 6.47. The number of guanidine groups is 1. The van der Waals surface area contributed by atoms with Crippen molar-refractivity contribution in [3.05, 3.63) is 29.8 Å². The molecule has 0 amide bonds. The Morgan fingerprint density at radius 1 is 1.23 bits per heavy atom. The maximum atomic E-state index is 6.16. The van der Waals surface area contributed by atoms with Gasteiger partial charge in [-0.1, -0.05) is 12.1 Å². The summed E-state index contributed by atoms with van der Waals surface area (Å²) in [5.41, 5.74) is 1.16. The van der Waals surface area contributed by atoms with Gasteiger partial charge in [0.05, 0.1) is 31.5 Å². The number of halogens is 1. The summed E-state index contributed by atoms with van der Waals surface area (Å²) in [6, 6.07) is 8.23. The van der Waals surface area contributed by atoms with Crippen molar-refractivity contribution in [2.75, 3.05) is 32.8 Å². The predicted molar refractivity (Wildman–Crippen MR) is 137 cm³/mol. The zero-order chi connectivity index (χ0) is 21.2. The molecule has 0 saturated carbocycles. The molecule has 1 N–H and O–H groups in total. The third-order valence-corrected chi connectivity index (χ3v) is 5.55. The molecule has 6 nitrogen and oxygen atoms in total. The number of nitrogens with one attached hydrogen (secondary N) is 1. The van der Waals surface area contributed by atoms with Crippen molar-refractivity contribution in [2.45, 2.75) is 77.7 Å². The van der Waals surface area contributed by atoms with Gasteiger partial charge in [0, 0.05) is 26.2 Å². The molecule has 2 fully saturated rings. The maximum absolute atomic E-state index is 6.16. The average molecular weight is 546 g/mol. The second kappa shape index (κ2) is 14.2. The number of hydrogen-bond acceptors (Lipinski definition) is 4. The van der Waals surface area contributed by atoms with E-state index in [9.17, 15) is 0 Å². The fraction of sp³-hybridized carbons (Fsp3) is 0.708. The topological polar surface area (TPSA) is 55.3 Å². The van der Waals surface area contributed by atoms with Crippen LogP contribution in [0.5, 0.6) is 5.75 Å². The SMILES string of the molecule is CCNC(=NCc1cccc(OC(C)C)c1)N1CCC(OCC2CCCCO2)CC1.I. The van der Waals surface area contributed by atoms with Crippen molar-refractivity contribution >= 4 is 29.9 Å². The van der Waals surface area contributed by atoms with Gasteiger partial charge < -0.3 is 24.4 Å². The highest BCUT2D eigenvalue weighted by molar-refractivity contribution is 14.0. The Kier molecular flexibility index (Phi) is 12.0. The Morgan fingerprint density at radius 3 is 2.71 bits per heavy atom. The lowest BCUT2D eigenvalue weighted by molar-refractivity contribution is -0.0721. The molecule has 0 aromatic heterocycles. The monoisotopic (exact) mass is 545 g/mol. The van der Waals surface area contributed by atoms with Gasteiger partial charge >= 0.3 is 0 Å². The molecule has 0 spiro atoms. The number of benzene rings is 1. The molecule has 0 bridgehead atoms. The smallest absolute Gasteiger partial charge is 0.194 e. The number of likely N-dealkylation sites (tertiary alicyclic amines) is 1. The zero-order valence-corrected chi connectivity index (χ0v) is 21.7. The minimum absolute atomic E-state index is 0. The van der Waals surface area contributed by atoms with Gasteiger partial charge in [0.25, 0.3) is 0 Å². The molecule has 2 saturated heterocycles. The van der Waals surface area contributed by atoms with E-state index in [4.69, 9.17) is 19.2 Å². The van der Waals surface area contributed by atoms with Crippen LogP contribution in [-0.2, 0) is 16.0 Å². The second-order valence-electron chi connectivity index (χ2n) is 8.49. The summed E-state index contributed by atoms with van der Waals surface area (Å²) in [6.45, 7) is 11.3. The van der Waals surface area contributed by atoms with Crippen molar-refractivity contribution < 1.29 is 14.2 Å². The Morgan fingerprint density at radius 2 is 2.03 bits per heavy atom. The highest BCUT2D eigenvalue weighted by Crippen LogP contribution is 2.19. The van der Waals surface area contributed by atoms with Gasteiger partial charge in [-0.05, 0) is 70.6 Å². The molecule has 1 aromatic carbocycles. The standard InChI is InChI=1S/C24H39N3O3.HI/c1-4-25-24(26-17-20-8-7-10-22(16-20)30-19(2)3)27-13-11-21(12-14-27)29-18-23-9-5-6-15-28-23;/h7-8,10,16,19,21,23H,4-6,9,11-15,17-18H2,1-3H3,(H,25,26);1H. The van der Waals surface area contributed by atoms with Crippen LogP contribution in [0.4, 0.5) is 0 Å². The first-order valence-electron chi connectivity index (χ1n) is 11.7. The van der Waals surface area contributed by atoms with Gasteiger partial charge in [-0.15, -0.1) is 24.0 Å². The van der Waals surface area contributed by atoms with Crippen LogP contribution < -0.4 is 10.1 Å². The van der Waals surface area contributed by atoms with Crippen LogP contribution in [0.25, 0.3) is 0 Å². The Balaban J connectivity index is 0.00000341. The van der Waals surface area contributed by atoms with Crippen LogP contribution in [-0.4, -0.2) is 62.0 Å².